The number of rotatable bonds is 5. The van der Waals surface area contributed by atoms with Gasteiger partial charge >= 0.3 is 0 Å². The molecule has 1 N–H and O–H groups in total. The van der Waals surface area contributed by atoms with E-state index in [1.165, 1.54) is 0 Å². The van der Waals surface area contributed by atoms with Gasteiger partial charge in [0.1, 0.15) is 6.26 Å². The van der Waals surface area contributed by atoms with Crippen LogP contribution in [0.15, 0.2) is 17.0 Å². The van der Waals surface area contributed by atoms with E-state index in [1.807, 2.05) is 0 Å². The summed E-state index contributed by atoms with van der Waals surface area (Å²) in [4.78, 5) is 0. The summed E-state index contributed by atoms with van der Waals surface area (Å²) in [6.45, 7) is 7.51. The van der Waals surface area contributed by atoms with Gasteiger partial charge < -0.3 is 9.84 Å². The minimum atomic E-state index is 0.579. The molecule has 0 fully saturated rings. The molecule has 1 atom stereocenters. The first kappa shape index (κ1) is 10.3. The first-order valence-electron chi connectivity index (χ1n) is 4.85. The van der Waals surface area contributed by atoms with E-state index in [0.717, 1.165) is 18.5 Å². The van der Waals surface area contributed by atoms with Crippen molar-refractivity contribution in [3.8, 4) is 0 Å². The van der Waals surface area contributed by atoms with Gasteiger partial charge in [0.2, 0.25) is 0 Å². The van der Waals surface area contributed by atoms with Crippen LogP contribution in [0.5, 0.6) is 0 Å². The molecule has 1 aromatic rings. The van der Waals surface area contributed by atoms with Crippen LogP contribution >= 0.6 is 0 Å². The minimum Gasteiger partial charge on any atom is -0.364 e. The van der Waals surface area contributed by atoms with Crippen molar-refractivity contribution in [2.75, 3.05) is 0 Å². The Kier molecular flexibility index (Phi) is 3.96. The van der Waals surface area contributed by atoms with Gasteiger partial charge in [-0.3, -0.25) is 0 Å². The SMILES string of the molecule is CCC(NCc1cnoc1)C(C)C. The highest BCUT2D eigenvalue weighted by molar-refractivity contribution is 4.99. The molecule has 0 amide bonds. The summed E-state index contributed by atoms with van der Waals surface area (Å²) in [5, 5.41) is 7.13. The van der Waals surface area contributed by atoms with E-state index in [4.69, 9.17) is 4.52 Å². The molecule has 1 heterocycles. The third-order valence-corrected chi connectivity index (χ3v) is 2.30. The minimum absolute atomic E-state index is 0.579. The Balaban J connectivity index is 2.32. The zero-order valence-corrected chi connectivity index (χ0v) is 8.58. The summed E-state index contributed by atoms with van der Waals surface area (Å²) in [5.74, 6) is 0.671. The van der Waals surface area contributed by atoms with Crippen LogP contribution < -0.4 is 5.32 Å². The Labute approximate surface area is 79.5 Å². The molecule has 3 heteroatoms. The van der Waals surface area contributed by atoms with E-state index < -0.39 is 0 Å². The first-order chi connectivity index (χ1) is 6.24. The van der Waals surface area contributed by atoms with Crippen molar-refractivity contribution < 1.29 is 4.52 Å². The average Bonchev–Trinajstić information content (AvgIpc) is 2.57. The molecule has 1 rings (SSSR count). The number of nitrogens with zero attached hydrogens (tertiary/aromatic N) is 1. The number of aromatic nitrogens is 1. The number of nitrogens with one attached hydrogen (secondary N) is 1. The molecule has 13 heavy (non-hydrogen) atoms. The Morgan fingerprint density at radius 1 is 1.54 bits per heavy atom. The van der Waals surface area contributed by atoms with Crippen molar-refractivity contribution >= 4 is 0 Å². The molecule has 0 saturated heterocycles. The summed E-state index contributed by atoms with van der Waals surface area (Å²) in [7, 11) is 0. The third kappa shape index (κ3) is 3.19. The molecule has 0 aromatic carbocycles. The molecule has 3 nitrogen and oxygen atoms in total. The Morgan fingerprint density at radius 3 is 2.77 bits per heavy atom. The maximum absolute atomic E-state index is 4.75. The van der Waals surface area contributed by atoms with Crippen LogP contribution in [0.4, 0.5) is 0 Å². The summed E-state index contributed by atoms with van der Waals surface area (Å²) in [6, 6.07) is 0.579. The topological polar surface area (TPSA) is 38.1 Å². The van der Waals surface area contributed by atoms with E-state index in [9.17, 15) is 0 Å². The van der Waals surface area contributed by atoms with Gasteiger partial charge in [0, 0.05) is 18.2 Å². The summed E-state index contributed by atoms with van der Waals surface area (Å²) in [5.41, 5.74) is 1.11. The lowest BCUT2D eigenvalue weighted by atomic mass is 10.0. The van der Waals surface area contributed by atoms with Gasteiger partial charge in [-0.1, -0.05) is 25.9 Å². The van der Waals surface area contributed by atoms with Crippen molar-refractivity contribution in [3.05, 3.63) is 18.0 Å². The second kappa shape index (κ2) is 5.02. The van der Waals surface area contributed by atoms with E-state index in [-0.39, 0.29) is 0 Å². The van der Waals surface area contributed by atoms with E-state index >= 15 is 0 Å². The highest BCUT2D eigenvalue weighted by Crippen LogP contribution is 2.06. The molecule has 0 bridgehead atoms. The lowest BCUT2D eigenvalue weighted by Gasteiger charge is -2.19. The van der Waals surface area contributed by atoms with Crippen molar-refractivity contribution in [2.45, 2.75) is 39.8 Å². The van der Waals surface area contributed by atoms with Crippen LogP contribution in [-0.2, 0) is 6.54 Å². The van der Waals surface area contributed by atoms with Crippen LogP contribution in [0.1, 0.15) is 32.8 Å². The normalized spacial score (nSPS) is 13.5. The highest BCUT2D eigenvalue weighted by Gasteiger charge is 2.09. The largest absolute Gasteiger partial charge is 0.364 e. The lowest BCUT2D eigenvalue weighted by Crippen LogP contribution is -2.32. The molecule has 0 aliphatic rings. The van der Waals surface area contributed by atoms with Crippen molar-refractivity contribution in [2.24, 2.45) is 5.92 Å². The van der Waals surface area contributed by atoms with E-state index in [0.29, 0.717) is 12.0 Å². The molecule has 1 unspecified atom stereocenters. The molecule has 0 spiro atoms. The molecule has 0 aliphatic carbocycles. The zero-order chi connectivity index (χ0) is 9.68. The standard InChI is InChI=1S/C10H18N2O/c1-4-10(8(2)3)11-5-9-6-12-13-7-9/h6-8,10-11H,4-5H2,1-3H3. The smallest absolute Gasteiger partial charge is 0.128 e. The third-order valence-electron chi connectivity index (χ3n) is 2.30. The van der Waals surface area contributed by atoms with Crippen LogP contribution in [0, 0.1) is 5.92 Å². The zero-order valence-electron chi connectivity index (χ0n) is 8.58. The van der Waals surface area contributed by atoms with Crippen LogP contribution in [0.25, 0.3) is 0 Å². The molecule has 0 aliphatic heterocycles. The fourth-order valence-corrected chi connectivity index (χ4v) is 1.41. The van der Waals surface area contributed by atoms with E-state index in [1.54, 1.807) is 12.5 Å². The summed E-state index contributed by atoms with van der Waals surface area (Å²) in [6.07, 6.45) is 4.59. The van der Waals surface area contributed by atoms with Gasteiger partial charge in [-0.05, 0) is 12.3 Å². The predicted molar refractivity (Wildman–Crippen MR) is 52.3 cm³/mol. The van der Waals surface area contributed by atoms with Gasteiger partial charge in [0.15, 0.2) is 0 Å². The maximum atomic E-state index is 4.75. The Bertz CT molecular complexity index is 219. The monoisotopic (exact) mass is 182 g/mol. The first-order valence-corrected chi connectivity index (χ1v) is 4.85. The van der Waals surface area contributed by atoms with Gasteiger partial charge in [-0.2, -0.15) is 0 Å². The number of hydrogen-bond acceptors (Lipinski definition) is 3. The molecular formula is C10H18N2O. The molecule has 1 aromatic heterocycles. The van der Waals surface area contributed by atoms with Crippen LogP contribution in [0.2, 0.25) is 0 Å². The van der Waals surface area contributed by atoms with Crippen molar-refractivity contribution in [1.29, 1.82) is 0 Å². The Morgan fingerprint density at radius 2 is 2.31 bits per heavy atom. The van der Waals surface area contributed by atoms with Gasteiger partial charge in [0.25, 0.3) is 0 Å². The predicted octanol–water partition coefficient (Wildman–Crippen LogP) is 2.20. The lowest BCUT2D eigenvalue weighted by molar-refractivity contribution is 0.385. The van der Waals surface area contributed by atoms with Crippen LogP contribution in [0.3, 0.4) is 0 Å². The second-order valence-electron chi connectivity index (χ2n) is 3.67. The van der Waals surface area contributed by atoms with E-state index in [2.05, 4.69) is 31.2 Å². The quantitative estimate of drug-likeness (QED) is 0.758. The fraction of sp³-hybridized carbons (Fsp3) is 0.700. The van der Waals surface area contributed by atoms with Gasteiger partial charge in [0.05, 0.1) is 6.20 Å². The van der Waals surface area contributed by atoms with Gasteiger partial charge in [-0.25, -0.2) is 0 Å². The van der Waals surface area contributed by atoms with Crippen molar-refractivity contribution in [3.63, 3.8) is 0 Å². The molecular weight excluding hydrogens is 164 g/mol. The maximum Gasteiger partial charge on any atom is 0.128 e. The summed E-state index contributed by atoms with van der Waals surface area (Å²) >= 11 is 0. The molecule has 0 radical (unpaired) electrons. The van der Waals surface area contributed by atoms with Gasteiger partial charge in [-0.15, -0.1) is 0 Å². The second-order valence-corrected chi connectivity index (χ2v) is 3.67. The van der Waals surface area contributed by atoms with Crippen molar-refractivity contribution in [1.82, 2.24) is 10.5 Å². The van der Waals surface area contributed by atoms with Crippen LogP contribution in [-0.4, -0.2) is 11.2 Å². The molecule has 0 saturated carbocycles. The molecule has 74 valence electrons. The fourth-order valence-electron chi connectivity index (χ4n) is 1.41. The highest BCUT2D eigenvalue weighted by atomic mass is 16.5. The Hall–Kier alpha value is -0.830. The average molecular weight is 182 g/mol. The summed E-state index contributed by atoms with van der Waals surface area (Å²) < 4.78 is 4.75. The number of hydrogen-bond donors (Lipinski definition) is 1.